The van der Waals surface area contributed by atoms with Gasteiger partial charge in [0.05, 0.1) is 0 Å². The lowest BCUT2D eigenvalue weighted by molar-refractivity contribution is 0.659. The van der Waals surface area contributed by atoms with Crippen molar-refractivity contribution in [3.05, 3.63) is 119 Å². The Balaban J connectivity index is 1.41. The zero-order valence-electron chi connectivity index (χ0n) is 19.7. The van der Waals surface area contributed by atoms with Gasteiger partial charge in [-0.1, -0.05) is 58.4 Å². The summed E-state index contributed by atoms with van der Waals surface area (Å²) in [6.45, 7) is 0. The smallest absolute Gasteiger partial charge is 0.164 e. The van der Waals surface area contributed by atoms with Crippen LogP contribution in [0.15, 0.2) is 124 Å². The zero-order chi connectivity index (χ0) is 24.8. The minimum Gasteiger partial charge on any atom is -0.301 e. The number of pyridine rings is 1. The highest BCUT2D eigenvalue weighted by atomic mass is 79.9. The summed E-state index contributed by atoms with van der Waals surface area (Å²) in [5.74, 6) is 1.70. The number of rotatable bonds is 4. The Bertz CT molecular complexity index is 1700. The molecule has 37 heavy (non-hydrogen) atoms. The number of imidazole rings is 1. The van der Waals surface area contributed by atoms with E-state index in [0.29, 0.717) is 0 Å². The van der Waals surface area contributed by atoms with Crippen molar-refractivity contribution in [3.8, 4) is 17.1 Å². The Kier molecular flexibility index (Phi) is 5.29. The lowest BCUT2D eigenvalue weighted by atomic mass is 10.1. The van der Waals surface area contributed by atoms with Crippen molar-refractivity contribution < 1.29 is 0 Å². The number of dihydropyridines is 1. The average molecular weight is 545 g/mol. The molecule has 0 spiro atoms. The number of nitrogens with zero attached hydrogens (tertiary/aromatic N) is 6. The molecule has 0 N–H and O–H groups in total. The van der Waals surface area contributed by atoms with Gasteiger partial charge in [0.2, 0.25) is 0 Å². The number of halogens is 1. The van der Waals surface area contributed by atoms with Crippen molar-refractivity contribution in [3.63, 3.8) is 0 Å². The fourth-order valence-corrected chi connectivity index (χ4v) is 5.49. The van der Waals surface area contributed by atoms with Crippen LogP contribution in [0.1, 0.15) is 5.56 Å². The Hall–Kier alpha value is -4.36. The van der Waals surface area contributed by atoms with Crippen molar-refractivity contribution in [2.45, 2.75) is 12.2 Å². The highest BCUT2D eigenvalue weighted by molar-refractivity contribution is 9.10. The van der Waals surface area contributed by atoms with Gasteiger partial charge < -0.3 is 4.90 Å². The summed E-state index contributed by atoms with van der Waals surface area (Å²) in [4.78, 5) is 21.8. The van der Waals surface area contributed by atoms with Crippen LogP contribution in [0.5, 0.6) is 0 Å². The van der Waals surface area contributed by atoms with Gasteiger partial charge >= 0.3 is 0 Å². The number of anilines is 1. The highest BCUT2D eigenvalue weighted by Crippen LogP contribution is 2.35. The molecule has 3 aromatic carbocycles. The van der Waals surface area contributed by atoms with E-state index in [1.165, 1.54) is 0 Å². The van der Waals surface area contributed by atoms with Crippen LogP contribution in [0.25, 0.3) is 28.2 Å². The summed E-state index contributed by atoms with van der Waals surface area (Å²) < 4.78 is 3.06. The molecule has 0 saturated carbocycles. The van der Waals surface area contributed by atoms with E-state index in [0.717, 1.165) is 49.8 Å². The molecule has 2 aliphatic heterocycles. The first kappa shape index (κ1) is 21.9. The number of benzene rings is 3. The molecule has 7 heteroatoms. The van der Waals surface area contributed by atoms with E-state index < -0.39 is 0 Å². The molecular weight excluding hydrogens is 524 g/mol. The second-order valence-corrected chi connectivity index (χ2v) is 9.84. The van der Waals surface area contributed by atoms with Crippen LogP contribution in [-0.4, -0.2) is 38.8 Å². The van der Waals surface area contributed by atoms with E-state index >= 15 is 0 Å². The Morgan fingerprint density at radius 2 is 1.54 bits per heavy atom. The maximum Gasteiger partial charge on any atom is 0.164 e. The number of allylic oxidation sites excluding steroid dienone is 1. The van der Waals surface area contributed by atoms with Gasteiger partial charge in [-0.2, -0.15) is 0 Å². The number of aromatic nitrogens is 3. The predicted molar refractivity (Wildman–Crippen MR) is 153 cm³/mol. The van der Waals surface area contributed by atoms with Gasteiger partial charge in [-0.3, -0.25) is 14.6 Å². The highest BCUT2D eigenvalue weighted by Gasteiger charge is 2.37. The van der Waals surface area contributed by atoms with Crippen LogP contribution in [0.4, 0.5) is 5.69 Å². The summed E-state index contributed by atoms with van der Waals surface area (Å²) in [6, 6.07) is 30.8. The van der Waals surface area contributed by atoms with Crippen molar-refractivity contribution >= 4 is 44.8 Å². The number of hydrogen-bond acceptors (Lipinski definition) is 5. The molecule has 6 nitrogen and oxygen atoms in total. The molecule has 7 rings (SSSR count). The second-order valence-electron chi connectivity index (χ2n) is 8.93. The molecule has 2 unspecified atom stereocenters. The van der Waals surface area contributed by atoms with Crippen LogP contribution in [0.2, 0.25) is 0 Å². The van der Waals surface area contributed by atoms with E-state index in [1.807, 2.05) is 60.8 Å². The van der Waals surface area contributed by atoms with E-state index in [4.69, 9.17) is 15.0 Å². The van der Waals surface area contributed by atoms with Crippen LogP contribution in [0, 0.1) is 0 Å². The van der Waals surface area contributed by atoms with Gasteiger partial charge in [0.15, 0.2) is 11.8 Å². The van der Waals surface area contributed by atoms with E-state index in [-0.39, 0.29) is 12.2 Å². The maximum atomic E-state index is 5.12. The Morgan fingerprint density at radius 3 is 2.35 bits per heavy atom. The van der Waals surface area contributed by atoms with Gasteiger partial charge in [-0.15, -0.1) is 0 Å². The minimum absolute atomic E-state index is 0.0410. The monoisotopic (exact) mass is 544 g/mol. The molecule has 0 amide bonds. The molecule has 2 atom stereocenters. The first-order valence-electron chi connectivity index (χ1n) is 12.1. The van der Waals surface area contributed by atoms with E-state index in [9.17, 15) is 0 Å². The molecule has 178 valence electrons. The Morgan fingerprint density at radius 1 is 0.784 bits per heavy atom. The molecule has 2 aliphatic rings. The number of aliphatic imine (C=N–C) groups is 2. The Labute approximate surface area is 222 Å². The summed E-state index contributed by atoms with van der Waals surface area (Å²) in [5.41, 5.74) is 5.69. The summed E-state index contributed by atoms with van der Waals surface area (Å²) in [7, 11) is 0. The van der Waals surface area contributed by atoms with E-state index in [1.54, 1.807) is 6.20 Å². The second kappa shape index (κ2) is 8.94. The van der Waals surface area contributed by atoms with Crippen LogP contribution in [-0.2, 0) is 0 Å². The molecule has 0 fully saturated rings. The van der Waals surface area contributed by atoms with Gasteiger partial charge in [-0.05, 0) is 60.7 Å². The summed E-state index contributed by atoms with van der Waals surface area (Å²) in [6.07, 6.45) is 7.64. The van der Waals surface area contributed by atoms with Gasteiger partial charge in [0, 0.05) is 39.4 Å². The van der Waals surface area contributed by atoms with Crippen molar-refractivity contribution in [2.24, 2.45) is 9.98 Å². The van der Waals surface area contributed by atoms with Crippen LogP contribution in [0.3, 0.4) is 0 Å². The van der Waals surface area contributed by atoms with Gasteiger partial charge in [0.25, 0.3) is 0 Å². The number of para-hydroxylation sites is 2. The van der Waals surface area contributed by atoms with Gasteiger partial charge in [-0.25, -0.2) is 9.97 Å². The lowest BCUT2D eigenvalue weighted by Gasteiger charge is -2.28. The summed E-state index contributed by atoms with van der Waals surface area (Å²) >= 11 is 3.77. The molecule has 0 saturated heterocycles. The molecule has 4 heterocycles. The third-order valence-corrected chi connectivity index (χ3v) is 7.04. The molecule has 0 aliphatic carbocycles. The number of fused-ring (bicyclic) bond motifs is 2. The van der Waals surface area contributed by atoms with Crippen molar-refractivity contribution in [2.75, 3.05) is 4.90 Å². The van der Waals surface area contributed by atoms with Crippen LogP contribution >= 0.6 is 15.9 Å². The normalized spacial score (nSPS) is 18.3. The molecule has 5 aromatic rings. The topological polar surface area (TPSA) is 58.7 Å². The zero-order valence-corrected chi connectivity index (χ0v) is 21.3. The average Bonchev–Trinajstić information content (AvgIpc) is 3.53. The third kappa shape index (κ3) is 3.79. The number of hydrogen-bond donors (Lipinski definition) is 0. The first-order valence-corrected chi connectivity index (χ1v) is 12.9. The molecule has 0 bridgehead atoms. The first-order chi connectivity index (χ1) is 18.3. The molecule has 0 radical (unpaired) electrons. The molecular formula is C30H21BrN6. The SMILES string of the molecule is Brc1cc(C2=NC3C=CC=NC3N2c2ccccc2)cc(-c2nc3cccnc3n2-c2ccccc2)c1. The standard InChI is InChI=1S/C30H21BrN6/c31-22-18-20(27-34-25-13-7-15-32-29(25)36(27)23-9-3-1-4-10-23)17-21(19-22)28-35-26-14-8-16-33-30(26)37(28)24-11-5-2-6-12-24/h1-19,25,29H. The van der Waals surface area contributed by atoms with Crippen molar-refractivity contribution in [1.82, 2.24) is 14.5 Å². The third-order valence-electron chi connectivity index (χ3n) is 6.58. The van der Waals surface area contributed by atoms with Gasteiger partial charge in [0.1, 0.15) is 23.2 Å². The fraction of sp³-hybridized carbons (Fsp3) is 0.0667. The van der Waals surface area contributed by atoms with Crippen LogP contribution < -0.4 is 4.90 Å². The maximum absolute atomic E-state index is 5.12. The quantitative estimate of drug-likeness (QED) is 0.261. The lowest BCUT2D eigenvalue weighted by Crippen LogP contribution is -2.39. The fourth-order valence-electron chi connectivity index (χ4n) is 5.00. The molecule has 2 aromatic heterocycles. The van der Waals surface area contributed by atoms with E-state index in [2.05, 4.69) is 78.9 Å². The van der Waals surface area contributed by atoms with Crippen molar-refractivity contribution in [1.29, 1.82) is 0 Å². The minimum atomic E-state index is -0.108. The predicted octanol–water partition coefficient (Wildman–Crippen LogP) is 6.45. The summed E-state index contributed by atoms with van der Waals surface area (Å²) in [5, 5.41) is 0. The number of amidine groups is 1. The largest absolute Gasteiger partial charge is 0.301 e.